The van der Waals surface area contributed by atoms with Crippen molar-refractivity contribution in [3.63, 3.8) is 0 Å². The summed E-state index contributed by atoms with van der Waals surface area (Å²) in [5.74, 6) is 0.848. The summed E-state index contributed by atoms with van der Waals surface area (Å²) < 4.78 is 7.53. The van der Waals surface area contributed by atoms with Gasteiger partial charge in [-0.15, -0.1) is 0 Å². The second-order valence-electron chi connectivity index (χ2n) is 8.63. The molecule has 1 unspecified atom stereocenters. The summed E-state index contributed by atoms with van der Waals surface area (Å²) in [5.41, 5.74) is 4.58. The number of nitrogens with zero attached hydrogens (tertiary/aromatic N) is 5. The van der Waals surface area contributed by atoms with Crippen molar-refractivity contribution in [1.29, 1.82) is 0 Å². The molecule has 0 saturated carbocycles. The van der Waals surface area contributed by atoms with Crippen LogP contribution in [0, 0.1) is 13.8 Å². The Bertz CT molecular complexity index is 1100. The first-order chi connectivity index (χ1) is 14.8. The topological polar surface area (TPSA) is 63.5 Å². The molecule has 1 fully saturated rings. The quantitative estimate of drug-likeness (QED) is 0.610. The van der Waals surface area contributed by atoms with Crippen LogP contribution in [0.3, 0.4) is 0 Å². The Labute approximate surface area is 183 Å². The lowest BCUT2D eigenvalue weighted by atomic mass is 10.1. The van der Waals surface area contributed by atoms with E-state index < -0.39 is 0 Å². The molecule has 1 aliphatic rings. The molecule has 31 heavy (non-hydrogen) atoms. The van der Waals surface area contributed by atoms with Crippen molar-refractivity contribution in [3.05, 3.63) is 52.8 Å². The van der Waals surface area contributed by atoms with Crippen molar-refractivity contribution >= 4 is 22.6 Å². The van der Waals surface area contributed by atoms with E-state index in [0.29, 0.717) is 18.8 Å². The third-order valence-electron chi connectivity index (χ3n) is 5.84. The summed E-state index contributed by atoms with van der Waals surface area (Å²) in [6.07, 6.45) is 2.08. The molecule has 0 bridgehead atoms. The molecule has 3 heterocycles. The minimum Gasteiger partial charge on any atom is -0.376 e. The van der Waals surface area contributed by atoms with Crippen LogP contribution in [0.1, 0.15) is 40.2 Å². The molecule has 164 valence electrons. The largest absolute Gasteiger partial charge is 0.376 e. The number of carbonyl (C=O) groups excluding carboxylic acids is 1. The monoisotopic (exact) mass is 421 g/mol. The van der Waals surface area contributed by atoms with E-state index >= 15 is 0 Å². The van der Waals surface area contributed by atoms with Crippen LogP contribution in [0.2, 0.25) is 0 Å². The number of carbonyl (C=O) groups is 1. The lowest BCUT2D eigenvalue weighted by molar-refractivity contribution is 0.0499. The number of anilines is 1. The first kappa shape index (κ1) is 21.3. The number of hydrogen-bond donors (Lipinski definition) is 0. The minimum atomic E-state index is -0.0346. The fraction of sp³-hybridized carbons (Fsp3) is 0.458. The molecule has 2 aromatic heterocycles. The van der Waals surface area contributed by atoms with E-state index in [2.05, 4.69) is 30.2 Å². The van der Waals surface area contributed by atoms with E-state index in [0.717, 1.165) is 53.0 Å². The van der Waals surface area contributed by atoms with E-state index in [-0.39, 0.29) is 12.0 Å². The van der Waals surface area contributed by atoms with Crippen LogP contribution in [0.4, 0.5) is 5.82 Å². The molecule has 1 saturated heterocycles. The maximum atomic E-state index is 13.5. The molecule has 3 aromatic rings. The third-order valence-corrected chi connectivity index (χ3v) is 5.84. The second kappa shape index (κ2) is 8.67. The molecule has 0 N–H and O–H groups in total. The van der Waals surface area contributed by atoms with Gasteiger partial charge in [-0.25, -0.2) is 4.98 Å². The molecule has 0 radical (unpaired) electrons. The zero-order valence-corrected chi connectivity index (χ0v) is 19.1. The summed E-state index contributed by atoms with van der Waals surface area (Å²) in [6, 6.07) is 10.2. The van der Waals surface area contributed by atoms with Crippen molar-refractivity contribution in [1.82, 2.24) is 19.7 Å². The number of rotatable bonds is 6. The molecule has 7 nitrogen and oxygen atoms in total. The van der Waals surface area contributed by atoms with Gasteiger partial charge in [0.1, 0.15) is 11.5 Å². The fourth-order valence-electron chi connectivity index (χ4n) is 4.32. The van der Waals surface area contributed by atoms with Gasteiger partial charge in [0.25, 0.3) is 5.91 Å². The molecular weight excluding hydrogens is 390 g/mol. The molecule has 1 amide bonds. The highest BCUT2D eigenvalue weighted by atomic mass is 16.5. The summed E-state index contributed by atoms with van der Waals surface area (Å²) in [7, 11) is 5.80. The van der Waals surface area contributed by atoms with E-state index in [1.54, 1.807) is 4.68 Å². The van der Waals surface area contributed by atoms with Gasteiger partial charge in [-0.3, -0.25) is 9.48 Å². The van der Waals surface area contributed by atoms with E-state index in [9.17, 15) is 4.79 Å². The Kier molecular flexibility index (Phi) is 5.96. The predicted molar refractivity (Wildman–Crippen MR) is 122 cm³/mol. The second-order valence-corrected chi connectivity index (χ2v) is 8.63. The first-order valence-corrected chi connectivity index (χ1v) is 10.8. The van der Waals surface area contributed by atoms with Gasteiger partial charge in [-0.05, 0) is 44.4 Å². The van der Waals surface area contributed by atoms with Crippen LogP contribution >= 0.6 is 0 Å². The molecule has 1 aromatic carbocycles. The number of hydrogen-bond acceptors (Lipinski definition) is 5. The van der Waals surface area contributed by atoms with Crippen molar-refractivity contribution in [3.8, 4) is 0 Å². The highest BCUT2D eigenvalue weighted by molar-refractivity contribution is 5.93. The van der Waals surface area contributed by atoms with Crippen LogP contribution in [0.15, 0.2) is 30.3 Å². The van der Waals surface area contributed by atoms with Crippen molar-refractivity contribution in [2.24, 2.45) is 7.05 Å². The van der Waals surface area contributed by atoms with Crippen LogP contribution in [-0.2, 0) is 18.3 Å². The van der Waals surface area contributed by atoms with Gasteiger partial charge < -0.3 is 14.5 Å². The van der Waals surface area contributed by atoms with E-state index in [1.165, 1.54) is 0 Å². The Balaban J connectivity index is 1.73. The van der Waals surface area contributed by atoms with Crippen LogP contribution in [-0.4, -0.2) is 58.9 Å². The first-order valence-electron chi connectivity index (χ1n) is 10.8. The number of aryl methyl sites for hydroxylation is 3. The number of aromatic nitrogens is 3. The third kappa shape index (κ3) is 4.42. The van der Waals surface area contributed by atoms with Gasteiger partial charge in [0.15, 0.2) is 0 Å². The number of fused-ring (bicyclic) bond motifs is 1. The SMILES string of the molecule is Cc1cc(C(=O)N(Cc2cc3cccc(C)c3nc2N(C)C)CC2CCCO2)n(C)n1. The number of para-hydroxylation sites is 1. The molecule has 1 aliphatic heterocycles. The predicted octanol–water partition coefficient (Wildman–Crippen LogP) is 3.47. The zero-order chi connectivity index (χ0) is 22.1. The molecule has 7 heteroatoms. The van der Waals surface area contributed by atoms with Gasteiger partial charge in [-0.1, -0.05) is 18.2 Å². The number of pyridine rings is 1. The molecular formula is C24H31N5O2. The molecule has 0 aliphatic carbocycles. The maximum absolute atomic E-state index is 13.5. The van der Waals surface area contributed by atoms with Crippen molar-refractivity contribution < 1.29 is 9.53 Å². The Morgan fingerprint density at radius 1 is 1.26 bits per heavy atom. The lowest BCUT2D eigenvalue weighted by Gasteiger charge is -2.27. The average Bonchev–Trinajstić information content (AvgIpc) is 3.35. The summed E-state index contributed by atoms with van der Waals surface area (Å²) >= 11 is 0. The Morgan fingerprint density at radius 2 is 2.06 bits per heavy atom. The Hall–Kier alpha value is -2.93. The normalized spacial score (nSPS) is 16.1. The highest BCUT2D eigenvalue weighted by Gasteiger charge is 2.27. The average molecular weight is 422 g/mol. The van der Waals surface area contributed by atoms with Gasteiger partial charge in [0, 0.05) is 51.8 Å². The van der Waals surface area contributed by atoms with Gasteiger partial charge in [0.2, 0.25) is 0 Å². The summed E-state index contributed by atoms with van der Waals surface area (Å²) in [5, 5.41) is 5.45. The molecule has 4 rings (SSSR count). The minimum absolute atomic E-state index is 0.0346. The zero-order valence-electron chi connectivity index (χ0n) is 19.1. The summed E-state index contributed by atoms with van der Waals surface area (Å²) in [6.45, 7) is 5.76. The smallest absolute Gasteiger partial charge is 0.272 e. The lowest BCUT2D eigenvalue weighted by Crippen LogP contribution is -2.38. The van der Waals surface area contributed by atoms with Crippen LogP contribution in [0.25, 0.3) is 10.9 Å². The summed E-state index contributed by atoms with van der Waals surface area (Å²) in [4.78, 5) is 22.4. The highest BCUT2D eigenvalue weighted by Crippen LogP contribution is 2.27. The van der Waals surface area contributed by atoms with Gasteiger partial charge in [-0.2, -0.15) is 5.10 Å². The standard InChI is InChI=1S/C24H31N5O2/c1-16-8-6-9-18-13-19(23(27(3)4)25-22(16)18)14-29(15-20-10-7-11-31-20)24(30)21-12-17(2)26-28(21)5/h6,8-9,12-13,20H,7,10-11,14-15H2,1-5H3. The van der Waals surface area contributed by atoms with Crippen molar-refractivity contribution in [2.45, 2.75) is 39.3 Å². The number of benzene rings is 1. The van der Waals surface area contributed by atoms with Gasteiger partial charge in [0.05, 0.1) is 17.3 Å². The van der Waals surface area contributed by atoms with Gasteiger partial charge >= 0.3 is 0 Å². The Morgan fingerprint density at radius 3 is 2.71 bits per heavy atom. The van der Waals surface area contributed by atoms with Crippen LogP contribution in [0.5, 0.6) is 0 Å². The number of ether oxygens (including phenoxy) is 1. The van der Waals surface area contributed by atoms with E-state index in [4.69, 9.17) is 9.72 Å². The maximum Gasteiger partial charge on any atom is 0.272 e. The fourth-order valence-corrected chi connectivity index (χ4v) is 4.32. The molecule has 1 atom stereocenters. The van der Waals surface area contributed by atoms with E-state index in [1.807, 2.05) is 50.0 Å². The molecule has 0 spiro atoms. The van der Waals surface area contributed by atoms with Crippen molar-refractivity contribution in [2.75, 3.05) is 32.1 Å². The van der Waals surface area contributed by atoms with Crippen LogP contribution < -0.4 is 4.90 Å². The number of amides is 1.